The summed E-state index contributed by atoms with van der Waals surface area (Å²) in [5.41, 5.74) is 6.12. The van der Waals surface area contributed by atoms with Crippen molar-refractivity contribution in [3.05, 3.63) is 46.5 Å². The Morgan fingerprint density at radius 2 is 2.16 bits per heavy atom. The average Bonchev–Trinajstić information content (AvgIpc) is 2.41. The molecular formula is C13H14FN3O2. The number of ether oxygens (including phenoxy) is 1. The van der Waals surface area contributed by atoms with Gasteiger partial charge in [-0.05, 0) is 24.3 Å². The van der Waals surface area contributed by atoms with Crippen molar-refractivity contribution in [3.8, 4) is 17.0 Å². The van der Waals surface area contributed by atoms with Crippen LogP contribution in [0.1, 0.15) is 0 Å². The van der Waals surface area contributed by atoms with E-state index in [1.54, 1.807) is 0 Å². The van der Waals surface area contributed by atoms with Crippen LogP contribution in [0.5, 0.6) is 5.75 Å². The molecular weight excluding hydrogens is 249 g/mol. The Balaban J connectivity index is 2.55. The number of hydrogen-bond donors (Lipinski definition) is 1. The molecule has 0 saturated carbocycles. The molecule has 19 heavy (non-hydrogen) atoms. The monoisotopic (exact) mass is 263 g/mol. The van der Waals surface area contributed by atoms with Crippen molar-refractivity contribution in [2.75, 3.05) is 13.7 Å². The summed E-state index contributed by atoms with van der Waals surface area (Å²) in [5, 5.41) is 4.16. The largest absolute Gasteiger partial charge is 0.496 e. The van der Waals surface area contributed by atoms with Crippen LogP contribution in [0.25, 0.3) is 11.3 Å². The molecule has 0 bridgehead atoms. The van der Waals surface area contributed by atoms with Crippen molar-refractivity contribution in [3.63, 3.8) is 0 Å². The number of rotatable bonds is 4. The van der Waals surface area contributed by atoms with Crippen molar-refractivity contribution < 1.29 is 9.13 Å². The second-order valence-corrected chi connectivity index (χ2v) is 3.91. The molecule has 0 spiro atoms. The van der Waals surface area contributed by atoms with Gasteiger partial charge in [0.15, 0.2) is 0 Å². The van der Waals surface area contributed by atoms with E-state index in [0.29, 0.717) is 30.1 Å². The van der Waals surface area contributed by atoms with Gasteiger partial charge in [-0.15, -0.1) is 0 Å². The lowest BCUT2D eigenvalue weighted by atomic mass is 10.1. The third kappa shape index (κ3) is 2.79. The Morgan fingerprint density at radius 3 is 2.84 bits per heavy atom. The molecule has 0 unspecified atom stereocenters. The Morgan fingerprint density at radius 1 is 1.37 bits per heavy atom. The summed E-state index contributed by atoms with van der Waals surface area (Å²) >= 11 is 0. The molecule has 0 atom stereocenters. The fourth-order valence-electron chi connectivity index (χ4n) is 1.76. The fraction of sp³-hybridized carbons (Fsp3) is 0.231. The van der Waals surface area contributed by atoms with E-state index in [2.05, 4.69) is 5.10 Å². The maximum absolute atomic E-state index is 13.3. The van der Waals surface area contributed by atoms with E-state index in [1.165, 1.54) is 42.1 Å². The summed E-state index contributed by atoms with van der Waals surface area (Å²) in [6, 6.07) is 7.05. The second kappa shape index (κ2) is 5.62. The number of nitrogens with two attached hydrogens (primary N) is 1. The molecule has 0 saturated heterocycles. The molecule has 1 aromatic heterocycles. The van der Waals surface area contributed by atoms with Crippen LogP contribution in [0.3, 0.4) is 0 Å². The lowest BCUT2D eigenvalue weighted by Gasteiger charge is -2.09. The van der Waals surface area contributed by atoms with Crippen molar-refractivity contribution in [2.24, 2.45) is 5.73 Å². The highest BCUT2D eigenvalue weighted by Crippen LogP contribution is 2.28. The smallest absolute Gasteiger partial charge is 0.266 e. The van der Waals surface area contributed by atoms with Crippen molar-refractivity contribution in [1.82, 2.24) is 9.78 Å². The van der Waals surface area contributed by atoms with Crippen LogP contribution >= 0.6 is 0 Å². The quantitative estimate of drug-likeness (QED) is 0.894. The normalized spacial score (nSPS) is 10.5. The van der Waals surface area contributed by atoms with E-state index in [9.17, 15) is 9.18 Å². The van der Waals surface area contributed by atoms with Gasteiger partial charge < -0.3 is 10.5 Å². The molecule has 0 fully saturated rings. The zero-order valence-corrected chi connectivity index (χ0v) is 10.5. The number of aromatic nitrogens is 2. The molecule has 2 rings (SSSR count). The molecule has 0 aliphatic rings. The molecule has 6 heteroatoms. The first-order valence-corrected chi connectivity index (χ1v) is 5.78. The molecule has 5 nitrogen and oxygen atoms in total. The lowest BCUT2D eigenvalue weighted by molar-refractivity contribution is 0.415. The number of nitrogens with zero attached hydrogens (tertiary/aromatic N) is 2. The predicted molar refractivity (Wildman–Crippen MR) is 69.5 cm³/mol. The Bertz CT molecular complexity index is 640. The standard InChI is InChI=1S/C13H14FN3O2/c1-19-12-4-2-9(14)8-10(12)11-3-5-13(18)17(16-11)7-6-15/h2-5,8H,6-7,15H2,1H3. The molecule has 100 valence electrons. The fourth-order valence-corrected chi connectivity index (χ4v) is 1.76. The maximum atomic E-state index is 13.3. The predicted octanol–water partition coefficient (Wildman–Crippen LogP) is 1.02. The summed E-state index contributed by atoms with van der Waals surface area (Å²) in [6.07, 6.45) is 0. The van der Waals surface area contributed by atoms with Gasteiger partial charge in [0.2, 0.25) is 0 Å². The van der Waals surface area contributed by atoms with Crippen molar-refractivity contribution in [1.29, 1.82) is 0 Å². The minimum atomic E-state index is -0.394. The number of hydrogen-bond acceptors (Lipinski definition) is 4. The van der Waals surface area contributed by atoms with Crippen LogP contribution in [-0.4, -0.2) is 23.4 Å². The zero-order valence-electron chi connectivity index (χ0n) is 10.5. The lowest BCUT2D eigenvalue weighted by Crippen LogP contribution is -2.25. The van der Waals surface area contributed by atoms with Gasteiger partial charge in [-0.3, -0.25) is 4.79 Å². The van der Waals surface area contributed by atoms with Gasteiger partial charge in [0, 0.05) is 18.2 Å². The number of benzene rings is 1. The second-order valence-electron chi connectivity index (χ2n) is 3.91. The first kappa shape index (κ1) is 13.2. The highest BCUT2D eigenvalue weighted by atomic mass is 19.1. The third-order valence-corrected chi connectivity index (χ3v) is 2.65. The number of halogens is 1. The number of methoxy groups -OCH3 is 1. The van der Waals surface area contributed by atoms with Crippen molar-refractivity contribution >= 4 is 0 Å². The third-order valence-electron chi connectivity index (χ3n) is 2.65. The van der Waals surface area contributed by atoms with E-state index >= 15 is 0 Å². The first-order valence-electron chi connectivity index (χ1n) is 5.78. The van der Waals surface area contributed by atoms with E-state index in [0.717, 1.165) is 0 Å². The van der Waals surface area contributed by atoms with Crippen LogP contribution in [0.2, 0.25) is 0 Å². The van der Waals surface area contributed by atoms with Crippen LogP contribution in [0.4, 0.5) is 4.39 Å². The van der Waals surface area contributed by atoms with E-state index in [1.807, 2.05) is 0 Å². The van der Waals surface area contributed by atoms with Gasteiger partial charge in [0.1, 0.15) is 11.6 Å². The molecule has 2 N–H and O–H groups in total. The van der Waals surface area contributed by atoms with E-state index in [-0.39, 0.29) is 5.56 Å². The Hall–Kier alpha value is -2.21. The highest BCUT2D eigenvalue weighted by molar-refractivity contribution is 5.66. The van der Waals surface area contributed by atoms with Crippen LogP contribution in [0, 0.1) is 5.82 Å². The molecule has 1 aromatic carbocycles. The van der Waals surface area contributed by atoms with E-state index in [4.69, 9.17) is 10.5 Å². The molecule has 0 radical (unpaired) electrons. The van der Waals surface area contributed by atoms with Gasteiger partial charge in [0.25, 0.3) is 5.56 Å². The minimum Gasteiger partial charge on any atom is -0.496 e. The molecule has 0 aliphatic heterocycles. The SMILES string of the molecule is COc1ccc(F)cc1-c1ccc(=O)n(CCN)n1. The van der Waals surface area contributed by atoms with Crippen LogP contribution in [0.15, 0.2) is 35.1 Å². The van der Waals surface area contributed by atoms with Crippen LogP contribution in [-0.2, 0) is 6.54 Å². The van der Waals surface area contributed by atoms with Crippen LogP contribution < -0.4 is 16.0 Å². The molecule has 0 aliphatic carbocycles. The summed E-state index contributed by atoms with van der Waals surface area (Å²) in [6.45, 7) is 0.612. The topological polar surface area (TPSA) is 70.1 Å². The zero-order chi connectivity index (χ0) is 13.8. The molecule has 0 amide bonds. The average molecular weight is 263 g/mol. The molecule has 1 heterocycles. The van der Waals surface area contributed by atoms with Crippen molar-refractivity contribution in [2.45, 2.75) is 6.54 Å². The summed E-state index contributed by atoms with van der Waals surface area (Å²) < 4.78 is 19.7. The molecule has 2 aromatic rings. The van der Waals surface area contributed by atoms with Gasteiger partial charge >= 0.3 is 0 Å². The highest BCUT2D eigenvalue weighted by Gasteiger charge is 2.10. The summed E-state index contributed by atoms with van der Waals surface area (Å²) in [7, 11) is 1.49. The Kier molecular flexibility index (Phi) is 3.91. The van der Waals surface area contributed by atoms with Gasteiger partial charge in [-0.1, -0.05) is 0 Å². The summed E-state index contributed by atoms with van der Waals surface area (Å²) in [5.74, 6) is 0.0982. The van der Waals surface area contributed by atoms with Gasteiger partial charge in [-0.2, -0.15) is 5.10 Å². The van der Waals surface area contributed by atoms with Gasteiger partial charge in [0.05, 0.1) is 19.3 Å². The van der Waals surface area contributed by atoms with E-state index < -0.39 is 5.82 Å². The minimum absolute atomic E-state index is 0.246. The summed E-state index contributed by atoms with van der Waals surface area (Å²) in [4.78, 5) is 11.6. The maximum Gasteiger partial charge on any atom is 0.266 e. The van der Waals surface area contributed by atoms with Gasteiger partial charge in [-0.25, -0.2) is 9.07 Å². The first-order chi connectivity index (χ1) is 9.15. The Labute approximate surface area is 109 Å².